The summed E-state index contributed by atoms with van der Waals surface area (Å²) >= 11 is 1.56. The van der Waals surface area contributed by atoms with Gasteiger partial charge in [0.2, 0.25) is 5.16 Å². The Hall–Kier alpha value is -2.80. The van der Waals surface area contributed by atoms with Gasteiger partial charge in [0.25, 0.3) is 5.91 Å². The lowest BCUT2D eigenvalue weighted by atomic mass is 10.2. The van der Waals surface area contributed by atoms with Crippen molar-refractivity contribution in [3.05, 3.63) is 65.5 Å². The van der Waals surface area contributed by atoms with E-state index in [2.05, 4.69) is 20.5 Å². The molecule has 140 valence electrons. The monoisotopic (exact) mass is 382 g/mol. The van der Waals surface area contributed by atoms with Crippen LogP contribution in [-0.2, 0) is 5.75 Å². The summed E-state index contributed by atoms with van der Waals surface area (Å²) in [5.74, 6) is 2.09. The molecule has 0 fully saturated rings. The number of ether oxygens (including phenoxy) is 1. The number of anilines is 1. The molecule has 1 heterocycles. The van der Waals surface area contributed by atoms with Gasteiger partial charge in [-0.3, -0.25) is 9.89 Å². The first-order chi connectivity index (χ1) is 13.0. The van der Waals surface area contributed by atoms with Crippen molar-refractivity contribution < 1.29 is 9.53 Å². The molecule has 0 aliphatic heterocycles. The van der Waals surface area contributed by atoms with Crippen LogP contribution in [0.4, 0.5) is 5.69 Å². The summed E-state index contributed by atoms with van der Waals surface area (Å²) in [5.41, 5.74) is 2.44. The molecule has 7 heteroatoms. The van der Waals surface area contributed by atoms with E-state index in [-0.39, 0.29) is 12.0 Å². The molecule has 1 amide bonds. The summed E-state index contributed by atoms with van der Waals surface area (Å²) in [6.07, 6.45) is 0.0642. The largest absolute Gasteiger partial charge is 0.491 e. The van der Waals surface area contributed by atoms with E-state index >= 15 is 0 Å². The van der Waals surface area contributed by atoms with Gasteiger partial charge in [0.15, 0.2) is 0 Å². The van der Waals surface area contributed by atoms with E-state index < -0.39 is 0 Å². The minimum Gasteiger partial charge on any atom is -0.491 e. The first kappa shape index (κ1) is 19.0. The van der Waals surface area contributed by atoms with Crippen LogP contribution in [0.3, 0.4) is 0 Å². The number of hydrogen-bond acceptors (Lipinski definition) is 5. The Morgan fingerprint density at radius 3 is 2.67 bits per heavy atom. The van der Waals surface area contributed by atoms with Crippen molar-refractivity contribution in [3.8, 4) is 5.75 Å². The first-order valence-corrected chi connectivity index (χ1v) is 9.67. The molecule has 0 radical (unpaired) electrons. The first-order valence-electron chi connectivity index (χ1n) is 8.68. The molecule has 2 aromatic carbocycles. The second-order valence-electron chi connectivity index (χ2n) is 6.34. The Morgan fingerprint density at radius 2 is 2.00 bits per heavy atom. The number of aromatic nitrogens is 3. The van der Waals surface area contributed by atoms with Crippen molar-refractivity contribution in [3.63, 3.8) is 0 Å². The maximum absolute atomic E-state index is 12.5. The Labute approximate surface area is 162 Å². The SMILES string of the molecule is Cc1nc(SCc2ccc(NC(=O)c3cccc(OC(C)C)c3)cc2)n[nH]1. The Bertz CT molecular complexity index is 906. The second kappa shape index (κ2) is 8.73. The predicted molar refractivity (Wildman–Crippen MR) is 107 cm³/mol. The zero-order chi connectivity index (χ0) is 19.2. The number of carbonyl (C=O) groups excluding carboxylic acids is 1. The summed E-state index contributed by atoms with van der Waals surface area (Å²) in [5, 5.41) is 10.6. The highest BCUT2D eigenvalue weighted by molar-refractivity contribution is 7.98. The summed E-state index contributed by atoms with van der Waals surface area (Å²) in [6.45, 7) is 5.78. The van der Waals surface area contributed by atoms with Crippen LogP contribution >= 0.6 is 11.8 Å². The number of amides is 1. The summed E-state index contributed by atoms with van der Waals surface area (Å²) in [7, 11) is 0. The maximum atomic E-state index is 12.5. The number of hydrogen-bond donors (Lipinski definition) is 2. The van der Waals surface area contributed by atoms with E-state index in [1.165, 1.54) is 0 Å². The zero-order valence-electron chi connectivity index (χ0n) is 15.5. The molecule has 0 aliphatic rings. The molecule has 0 bridgehead atoms. The molecule has 3 rings (SSSR count). The molecule has 27 heavy (non-hydrogen) atoms. The van der Waals surface area contributed by atoms with Gasteiger partial charge in [-0.1, -0.05) is 30.0 Å². The highest BCUT2D eigenvalue weighted by Gasteiger charge is 2.08. The minimum atomic E-state index is -0.164. The lowest BCUT2D eigenvalue weighted by Gasteiger charge is -2.11. The van der Waals surface area contributed by atoms with Crippen LogP contribution < -0.4 is 10.1 Å². The number of aryl methyl sites for hydroxylation is 1. The number of nitrogens with one attached hydrogen (secondary N) is 2. The molecule has 0 atom stereocenters. The van der Waals surface area contributed by atoms with Crippen molar-refractivity contribution in [1.82, 2.24) is 15.2 Å². The van der Waals surface area contributed by atoms with Crippen LogP contribution in [0.2, 0.25) is 0 Å². The fourth-order valence-electron chi connectivity index (χ4n) is 2.41. The van der Waals surface area contributed by atoms with Crippen LogP contribution in [0.5, 0.6) is 5.75 Å². The lowest BCUT2D eigenvalue weighted by molar-refractivity contribution is 0.102. The van der Waals surface area contributed by atoms with Crippen molar-refractivity contribution in [2.75, 3.05) is 5.32 Å². The number of thioether (sulfide) groups is 1. The normalized spacial score (nSPS) is 10.8. The molecule has 0 spiro atoms. The average molecular weight is 382 g/mol. The van der Waals surface area contributed by atoms with E-state index in [1.807, 2.05) is 57.2 Å². The molecular weight excluding hydrogens is 360 g/mol. The van der Waals surface area contributed by atoms with Crippen molar-refractivity contribution >= 4 is 23.4 Å². The third-order valence-corrected chi connectivity index (χ3v) is 4.54. The maximum Gasteiger partial charge on any atom is 0.255 e. The van der Waals surface area contributed by atoms with Crippen LogP contribution in [-0.4, -0.2) is 27.2 Å². The third kappa shape index (κ3) is 5.59. The number of aromatic amines is 1. The van der Waals surface area contributed by atoms with E-state index in [4.69, 9.17) is 4.74 Å². The molecule has 1 aromatic heterocycles. The Balaban J connectivity index is 1.58. The van der Waals surface area contributed by atoms with Gasteiger partial charge in [0.1, 0.15) is 11.6 Å². The minimum absolute atomic E-state index is 0.0642. The van der Waals surface area contributed by atoms with E-state index in [1.54, 1.807) is 23.9 Å². The van der Waals surface area contributed by atoms with Crippen LogP contribution in [0.1, 0.15) is 35.6 Å². The third-order valence-electron chi connectivity index (χ3n) is 3.62. The van der Waals surface area contributed by atoms with Gasteiger partial charge in [0.05, 0.1) is 6.10 Å². The Morgan fingerprint density at radius 1 is 1.22 bits per heavy atom. The van der Waals surface area contributed by atoms with Crippen LogP contribution in [0.25, 0.3) is 0 Å². The fraction of sp³-hybridized carbons (Fsp3) is 0.250. The van der Waals surface area contributed by atoms with Gasteiger partial charge in [-0.15, -0.1) is 5.10 Å². The van der Waals surface area contributed by atoms with Gasteiger partial charge < -0.3 is 10.1 Å². The number of H-pyrrole nitrogens is 1. The summed E-state index contributed by atoms with van der Waals surface area (Å²) in [6, 6.07) is 14.9. The fourth-order valence-corrected chi connectivity index (χ4v) is 3.20. The molecule has 0 saturated carbocycles. The van der Waals surface area contributed by atoms with Crippen molar-refractivity contribution in [2.24, 2.45) is 0 Å². The quantitative estimate of drug-likeness (QED) is 0.590. The smallest absolute Gasteiger partial charge is 0.255 e. The lowest BCUT2D eigenvalue weighted by Crippen LogP contribution is -2.12. The van der Waals surface area contributed by atoms with Crippen molar-refractivity contribution in [2.45, 2.75) is 37.8 Å². The van der Waals surface area contributed by atoms with Crippen LogP contribution in [0.15, 0.2) is 53.7 Å². The topological polar surface area (TPSA) is 79.9 Å². The number of nitrogens with zero attached hydrogens (tertiary/aromatic N) is 2. The highest BCUT2D eigenvalue weighted by atomic mass is 32.2. The molecule has 6 nitrogen and oxygen atoms in total. The van der Waals surface area contributed by atoms with Gasteiger partial charge in [-0.2, -0.15) is 0 Å². The zero-order valence-corrected chi connectivity index (χ0v) is 16.3. The van der Waals surface area contributed by atoms with E-state index in [9.17, 15) is 4.79 Å². The summed E-state index contributed by atoms with van der Waals surface area (Å²) in [4.78, 5) is 16.7. The van der Waals surface area contributed by atoms with Crippen LogP contribution in [0, 0.1) is 6.92 Å². The predicted octanol–water partition coefficient (Wildman–Crippen LogP) is 4.44. The van der Waals surface area contributed by atoms with Crippen molar-refractivity contribution in [1.29, 1.82) is 0 Å². The number of benzene rings is 2. The van der Waals surface area contributed by atoms with Gasteiger partial charge in [-0.25, -0.2) is 4.98 Å². The van der Waals surface area contributed by atoms with Gasteiger partial charge >= 0.3 is 0 Å². The number of carbonyl (C=O) groups is 1. The molecule has 0 unspecified atom stereocenters. The van der Waals surface area contributed by atoms with E-state index in [0.29, 0.717) is 11.3 Å². The molecule has 0 aliphatic carbocycles. The highest BCUT2D eigenvalue weighted by Crippen LogP contribution is 2.21. The van der Waals surface area contributed by atoms with Gasteiger partial charge in [0, 0.05) is 17.0 Å². The molecule has 2 N–H and O–H groups in total. The van der Waals surface area contributed by atoms with Gasteiger partial charge in [-0.05, 0) is 56.7 Å². The standard InChI is InChI=1S/C20H22N4O2S/c1-13(2)26-18-6-4-5-16(11-18)19(25)22-17-9-7-15(8-10-17)12-27-20-21-14(3)23-24-20/h4-11,13H,12H2,1-3H3,(H,22,25)(H,21,23,24). The molecule has 3 aromatic rings. The number of rotatable bonds is 7. The molecule has 0 saturated heterocycles. The second-order valence-corrected chi connectivity index (χ2v) is 7.28. The van der Waals surface area contributed by atoms with E-state index in [0.717, 1.165) is 28.0 Å². The molecular formula is C20H22N4O2S. The summed E-state index contributed by atoms with van der Waals surface area (Å²) < 4.78 is 5.64. The Kier molecular flexibility index (Phi) is 6.13. The average Bonchev–Trinajstić information content (AvgIpc) is 3.06.